The third-order valence-corrected chi connectivity index (χ3v) is 2.53. The Hall–Kier alpha value is -2.37. The highest BCUT2D eigenvalue weighted by molar-refractivity contribution is 5.78. The summed E-state index contributed by atoms with van der Waals surface area (Å²) >= 11 is 0. The molecule has 2 rings (SSSR count). The Morgan fingerprint density at radius 1 is 1.37 bits per heavy atom. The number of aromatic nitrogens is 2. The summed E-state index contributed by atoms with van der Waals surface area (Å²) in [5.74, 6) is 1.63. The summed E-state index contributed by atoms with van der Waals surface area (Å²) in [5, 5.41) is 6.37. The smallest absolute Gasteiger partial charge is 0.246 e. The molecule has 6 heteroatoms. The van der Waals surface area contributed by atoms with Crippen molar-refractivity contribution in [2.45, 2.75) is 19.9 Å². The zero-order chi connectivity index (χ0) is 13.7. The Kier molecular flexibility index (Phi) is 4.12. The lowest BCUT2D eigenvalue weighted by atomic mass is 10.1. The number of carbonyl (C=O) groups excluding carboxylic acids is 1. The van der Waals surface area contributed by atoms with Gasteiger partial charge < -0.3 is 14.6 Å². The van der Waals surface area contributed by atoms with E-state index in [1.165, 1.54) is 0 Å². The first kappa shape index (κ1) is 13.1. The van der Waals surface area contributed by atoms with Crippen LogP contribution in [0.2, 0.25) is 0 Å². The number of hydrogen-bond donors (Lipinski definition) is 1. The summed E-state index contributed by atoms with van der Waals surface area (Å²) in [6.45, 7) is 1.97. The van der Waals surface area contributed by atoms with Crippen molar-refractivity contribution in [1.29, 1.82) is 0 Å². The SMILES string of the molecule is COc1ccc(CC(=O)NCc2nc(C)no2)cc1. The van der Waals surface area contributed by atoms with Crippen LogP contribution in [0.5, 0.6) is 5.75 Å². The molecule has 6 nitrogen and oxygen atoms in total. The summed E-state index contributed by atoms with van der Waals surface area (Å²) in [4.78, 5) is 15.7. The predicted molar refractivity (Wildman–Crippen MR) is 67.6 cm³/mol. The van der Waals surface area contributed by atoms with Crippen LogP contribution in [0.4, 0.5) is 0 Å². The largest absolute Gasteiger partial charge is 0.497 e. The summed E-state index contributed by atoms with van der Waals surface area (Å²) < 4.78 is 9.96. The molecular weight excluding hydrogens is 246 g/mol. The molecule has 0 unspecified atom stereocenters. The fourth-order valence-electron chi connectivity index (χ4n) is 1.58. The molecule has 2 aromatic rings. The number of rotatable bonds is 5. The van der Waals surface area contributed by atoms with Gasteiger partial charge in [0.25, 0.3) is 0 Å². The summed E-state index contributed by atoms with van der Waals surface area (Å²) in [5.41, 5.74) is 0.917. The second kappa shape index (κ2) is 5.99. The Bertz CT molecular complexity index is 549. The van der Waals surface area contributed by atoms with Gasteiger partial charge in [0.15, 0.2) is 5.82 Å². The summed E-state index contributed by atoms with van der Waals surface area (Å²) in [6.07, 6.45) is 0.303. The predicted octanol–water partition coefficient (Wildman–Crippen LogP) is 1.25. The van der Waals surface area contributed by atoms with Crippen LogP contribution < -0.4 is 10.1 Å². The van der Waals surface area contributed by atoms with Crippen LogP contribution in [0.1, 0.15) is 17.3 Å². The van der Waals surface area contributed by atoms with E-state index >= 15 is 0 Å². The Morgan fingerprint density at radius 3 is 2.68 bits per heavy atom. The van der Waals surface area contributed by atoms with Crippen LogP contribution in [0.3, 0.4) is 0 Å². The lowest BCUT2D eigenvalue weighted by Crippen LogP contribution is -2.24. The third kappa shape index (κ3) is 3.80. The Balaban J connectivity index is 1.83. The number of methoxy groups -OCH3 is 1. The van der Waals surface area contributed by atoms with Crippen LogP contribution in [0, 0.1) is 6.92 Å². The van der Waals surface area contributed by atoms with Gasteiger partial charge in [0.05, 0.1) is 20.1 Å². The minimum absolute atomic E-state index is 0.0963. The molecular formula is C13H15N3O3. The number of hydrogen-bond acceptors (Lipinski definition) is 5. The molecule has 1 heterocycles. The maximum absolute atomic E-state index is 11.7. The maximum atomic E-state index is 11.7. The second-order valence-electron chi connectivity index (χ2n) is 4.04. The zero-order valence-corrected chi connectivity index (χ0v) is 10.8. The van der Waals surface area contributed by atoms with E-state index in [9.17, 15) is 4.79 Å². The number of amides is 1. The topological polar surface area (TPSA) is 77.2 Å². The van der Waals surface area contributed by atoms with E-state index in [1.807, 2.05) is 24.3 Å². The van der Waals surface area contributed by atoms with Crippen molar-refractivity contribution >= 4 is 5.91 Å². The molecule has 1 N–H and O–H groups in total. The molecule has 0 saturated heterocycles. The van der Waals surface area contributed by atoms with Gasteiger partial charge in [0.1, 0.15) is 5.75 Å². The van der Waals surface area contributed by atoms with Crippen LogP contribution in [0.15, 0.2) is 28.8 Å². The highest BCUT2D eigenvalue weighted by atomic mass is 16.5. The molecule has 19 heavy (non-hydrogen) atoms. The van der Waals surface area contributed by atoms with E-state index in [-0.39, 0.29) is 12.5 Å². The van der Waals surface area contributed by atoms with Crippen LogP contribution >= 0.6 is 0 Å². The molecule has 0 aliphatic carbocycles. The maximum Gasteiger partial charge on any atom is 0.246 e. The van der Waals surface area contributed by atoms with Crippen LogP contribution in [-0.4, -0.2) is 23.2 Å². The Morgan fingerprint density at radius 2 is 2.11 bits per heavy atom. The molecule has 1 aromatic carbocycles. The van der Waals surface area contributed by atoms with Gasteiger partial charge in [0.2, 0.25) is 11.8 Å². The molecule has 100 valence electrons. The standard InChI is InChI=1S/C13H15N3O3/c1-9-15-13(19-16-9)8-14-12(17)7-10-3-5-11(18-2)6-4-10/h3-6H,7-8H2,1-2H3,(H,14,17). The average molecular weight is 261 g/mol. The fraction of sp³-hybridized carbons (Fsp3) is 0.308. The number of carbonyl (C=O) groups is 1. The van der Waals surface area contributed by atoms with Gasteiger partial charge in [-0.1, -0.05) is 17.3 Å². The number of aryl methyl sites for hydroxylation is 1. The van der Waals surface area contributed by atoms with Gasteiger partial charge in [-0.05, 0) is 24.6 Å². The van der Waals surface area contributed by atoms with E-state index in [4.69, 9.17) is 9.26 Å². The monoisotopic (exact) mass is 261 g/mol. The van der Waals surface area contributed by atoms with Gasteiger partial charge in [-0.25, -0.2) is 0 Å². The minimum Gasteiger partial charge on any atom is -0.497 e. The van der Waals surface area contributed by atoms with E-state index in [0.717, 1.165) is 11.3 Å². The number of benzene rings is 1. The van der Waals surface area contributed by atoms with E-state index in [2.05, 4.69) is 15.5 Å². The fourth-order valence-corrected chi connectivity index (χ4v) is 1.58. The van der Waals surface area contributed by atoms with Crippen molar-refractivity contribution in [3.63, 3.8) is 0 Å². The summed E-state index contributed by atoms with van der Waals surface area (Å²) in [7, 11) is 1.61. The molecule has 0 atom stereocenters. The first-order valence-corrected chi connectivity index (χ1v) is 5.86. The van der Waals surface area contributed by atoms with Gasteiger partial charge >= 0.3 is 0 Å². The lowest BCUT2D eigenvalue weighted by Gasteiger charge is -2.04. The van der Waals surface area contributed by atoms with Gasteiger partial charge in [-0.3, -0.25) is 4.79 Å². The number of ether oxygens (including phenoxy) is 1. The van der Waals surface area contributed by atoms with Crippen LogP contribution in [0.25, 0.3) is 0 Å². The molecule has 0 spiro atoms. The van der Waals surface area contributed by atoms with E-state index < -0.39 is 0 Å². The molecule has 0 aliphatic rings. The zero-order valence-electron chi connectivity index (χ0n) is 10.8. The highest BCUT2D eigenvalue weighted by Crippen LogP contribution is 2.11. The van der Waals surface area contributed by atoms with Crippen molar-refractivity contribution in [2.75, 3.05) is 7.11 Å². The Labute approximate surface area is 110 Å². The van der Waals surface area contributed by atoms with Crippen molar-refractivity contribution in [2.24, 2.45) is 0 Å². The van der Waals surface area contributed by atoms with Crippen molar-refractivity contribution in [3.05, 3.63) is 41.5 Å². The normalized spacial score (nSPS) is 10.2. The molecule has 0 radical (unpaired) electrons. The van der Waals surface area contributed by atoms with Gasteiger partial charge in [-0.15, -0.1) is 0 Å². The van der Waals surface area contributed by atoms with Crippen molar-refractivity contribution < 1.29 is 14.1 Å². The lowest BCUT2D eigenvalue weighted by molar-refractivity contribution is -0.120. The average Bonchev–Trinajstić information content (AvgIpc) is 2.83. The molecule has 1 amide bonds. The summed E-state index contributed by atoms with van der Waals surface area (Å²) in [6, 6.07) is 7.36. The first-order chi connectivity index (χ1) is 9.17. The van der Waals surface area contributed by atoms with Gasteiger partial charge in [0, 0.05) is 0 Å². The second-order valence-corrected chi connectivity index (χ2v) is 4.04. The van der Waals surface area contributed by atoms with Crippen molar-refractivity contribution in [3.8, 4) is 5.75 Å². The molecule has 0 saturated carbocycles. The van der Waals surface area contributed by atoms with Gasteiger partial charge in [-0.2, -0.15) is 4.98 Å². The van der Waals surface area contributed by atoms with Crippen molar-refractivity contribution in [1.82, 2.24) is 15.5 Å². The van der Waals surface area contributed by atoms with E-state index in [1.54, 1.807) is 14.0 Å². The molecule has 1 aromatic heterocycles. The highest BCUT2D eigenvalue weighted by Gasteiger charge is 2.07. The molecule has 0 fully saturated rings. The van der Waals surface area contributed by atoms with E-state index in [0.29, 0.717) is 18.1 Å². The number of nitrogens with zero attached hydrogens (tertiary/aromatic N) is 2. The quantitative estimate of drug-likeness (QED) is 0.876. The molecule has 0 bridgehead atoms. The number of nitrogens with one attached hydrogen (secondary N) is 1. The minimum atomic E-state index is -0.0963. The molecule has 0 aliphatic heterocycles. The first-order valence-electron chi connectivity index (χ1n) is 5.86. The van der Waals surface area contributed by atoms with Crippen LogP contribution in [-0.2, 0) is 17.8 Å². The third-order valence-electron chi connectivity index (χ3n) is 2.53.